The molecule has 6 nitrogen and oxygen atoms in total. The summed E-state index contributed by atoms with van der Waals surface area (Å²) >= 11 is 0. The van der Waals surface area contributed by atoms with Crippen LogP contribution in [0.25, 0.3) is 0 Å². The van der Waals surface area contributed by atoms with Gasteiger partial charge in [-0.2, -0.15) is 0 Å². The van der Waals surface area contributed by atoms with Crippen LogP contribution in [0.5, 0.6) is 0 Å². The third-order valence-corrected chi connectivity index (χ3v) is 11.1. The first kappa shape index (κ1) is 52.4. The molecule has 0 aromatic carbocycles. The van der Waals surface area contributed by atoms with E-state index >= 15 is 0 Å². The molecule has 6 heteroatoms. The van der Waals surface area contributed by atoms with Gasteiger partial charge in [-0.3, -0.25) is 14.4 Å². The fourth-order valence-electron chi connectivity index (χ4n) is 7.07. The maximum Gasteiger partial charge on any atom is 0.306 e. The smallest absolute Gasteiger partial charge is 0.306 e. The van der Waals surface area contributed by atoms with Gasteiger partial charge < -0.3 is 14.2 Å². The molecule has 320 valence electrons. The predicted molar refractivity (Wildman–Crippen MR) is 229 cm³/mol. The second-order valence-corrected chi connectivity index (χ2v) is 17.1. The van der Waals surface area contributed by atoms with E-state index < -0.39 is 6.10 Å². The topological polar surface area (TPSA) is 78.9 Å². The average Bonchev–Trinajstić information content (AvgIpc) is 3.15. The molecule has 0 N–H and O–H groups in total. The lowest BCUT2D eigenvalue weighted by Gasteiger charge is -2.18. The van der Waals surface area contributed by atoms with Crippen LogP contribution in [0.3, 0.4) is 0 Å². The van der Waals surface area contributed by atoms with Crippen LogP contribution in [0.4, 0.5) is 0 Å². The third-order valence-electron chi connectivity index (χ3n) is 11.1. The molecular weight excluding hydrogens is 673 g/mol. The maximum atomic E-state index is 12.7. The van der Waals surface area contributed by atoms with Crippen molar-refractivity contribution in [2.24, 2.45) is 11.8 Å². The highest BCUT2D eigenvalue weighted by atomic mass is 16.6. The van der Waals surface area contributed by atoms with Crippen molar-refractivity contribution in [2.75, 3.05) is 13.2 Å². The van der Waals surface area contributed by atoms with Crippen LogP contribution in [-0.2, 0) is 28.6 Å². The van der Waals surface area contributed by atoms with Gasteiger partial charge in [0.1, 0.15) is 13.2 Å². The summed E-state index contributed by atoms with van der Waals surface area (Å²) in [5, 5.41) is 0. The summed E-state index contributed by atoms with van der Waals surface area (Å²) in [6.45, 7) is 11.3. The van der Waals surface area contributed by atoms with Crippen molar-refractivity contribution < 1.29 is 28.6 Å². The van der Waals surface area contributed by atoms with Gasteiger partial charge in [-0.1, -0.05) is 221 Å². The lowest BCUT2D eigenvalue weighted by molar-refractivity contribution is -0.167. The van der Waals surface area contributed by atoms with Gasteiger partial charge in [0.15, 0.2) is 6.10 Å². The highest BCUT2D eigenvalue weighted by molar-refractivity contribution is 5.71. The number of esters is 3. The molecule has 2 atom stereocenters. The highest BCUT2D eigenvalue weighted by Gasteiger charge is 2.19. The Morgan fingerprint density at radius 2 is 0.704 bits per heavy atom. The van der Waals surface area contributed by atoms with Crippen molar-refractivity contribution in [3.63, 3.8) is 0 Å². The SMILES string of the molecule is CCCCCCCCCCCCCC(=O)OC[C@@H](COC(=O)CCCCCCCCCCC(C)CC)OC(=O)CCCCCCCCCCCCC(C)C. The van der Waals surface area contributed by atoms with E-state index in [4.69, 9.17) is 14.2 Å². The van der Waals surface area contributed by atoms with Crippen molar-refractivity contribution in [1.29, 1.82) is 0 Å². The molecule has 0 saturated carbocycles. The van der Waals surface area contributed by atoms with E-state index in [1.54, 1.807) is 0 Å². The maximum absolute atomic E-state index is 12.7. The Morgan fingerprint density at radius 3 is 1.06 bits per heavy atom. The number of hydrogen-bond donors (Lipinski definition) is 0. The first-order valence-electron chi connectivity index (χ1n) is 23.8. The van der Waals surface area contributed by atoms with Crippen LogP contribution in [0.15, 0.2) is 0 Å². The van der Waals surface area contributed by atoms with Gasteiger partial charge in [0, 0.05) is 19.3 Å². The van der Waals surface area contributed by atoms with E-state index in [9.17, 15) is 14.4 Å². The van der Waals surface area contributed by atoms with Crippen molar-refractivity contribution in [3.8, 4) is 0 Å². The molecule has 0 rings (SSSR count). The molecule has 0 bridgehead atoms. The molecule has 0 heterocycles. The summed E-state index contributed by atoms with van der Waals surface area (Å²) in [5.74, 6) is 0.808. The number of ether oxygens (including phenoxy) is 3. The third kappa shape index (κ3) is 40.1. The van der Waals surface area contributed by atoms with Crippen molar-refractivity contribution >= 4 is 17.9 Å². The van der Waals surface area contributed by atoms with Gasteiger partial charge in [0.05, 0.1) is 0 Å². The van der Waals surface area contributed by atoms with E-state index in [-0.39, 0.29) is 31.1 Å². The zero-order valence-electron chi connectivity index (χ0n) is 36.8. The Balaban J connectivity index is 4.35. The highest BCUT2D eigenvalue weighted by Crippen LogP contribution is 2.17. The monoisotopic (exact) mass is 765 g/mol. The normalized spacial score (nSPS) is 12.6. The van der Waals surface area contributed by atoms with Crippen LogP contribution < -0.4 is 0 Å². The lowest BCUT2D eigenvalue weighted by atomic mass is 9.99. The molecule has 0 spiro atoms. The molecule has 0 aliphatic carbocycles. The fraction of sp³-hybridized carbons (Fsp3) is 0.938. The molecule has 0 aromatic heterocycles. The van der Waals surface area contributed by atoms with E-state index in [1.807, 2.05) is 0 Å². The summed E-state index contributed by atoms with van der Waals surface area (Å²) in [6.07, 6.45) is 39.4. The first-order chi connectivity index (χ1) is 26.3. The Morgan fingerprint density at radius 1 is 0.389 bits per heavy atom. The number of carbonyl (C=O) groups excluding carboxylic acids is 3. The largest absolute Gasteiger partial charge is 0.462 e. The second kappa shape index (κ2) is 41.1. The molecule has 1 unspecified atom stereocenters. The van der Waals surface area contributed by atoms with Gasteiger partial charge in [0.2, 0.25) is 0 Å². The fourth-order valence-corrected chi connectivity index (χ4v) is 7.07. The number of hydrogen-bond acceptors (Lipinski definition) is 6. The van der Waals surface area contributed by atoms with Gasteiger partial charge in [0.25, 0.3) is 0 Å². The predicted octanol–water partition coefficient (Wildman–Crippen LogP) is 15.0. The molecule has 0 aliphatic heterocycles. The molecule has 0 amide bonds. The van der Waals surface area contributed by atoms with Crippen LogP contribution >= 0.6 is 0 Å². The minimum atomic E-state index is -0.761. The summed E-state index contributed by atoms with van der Waals surface area (Å²) in [6, 6.07) is 0. The second-order valence-electron chi connectivity index (χ2n) is 17.1. The molecule has 0 aromatic rings. The molecule has 0 saturated heterocycles. The van der Waals surface area contributed by atoms with Crippen molar-refractivity contribution in [2.45, 2.75) is 265 Å². The van der Waals surface area contributed by atoms with Gasteiger partial charge >= 0.3 is 17.9 Å². The molecule has 0 fully saturated rings. The molecule has 0 aliphatic rings. The number of unbranched alkanes of at least 4 members (excludes halogenated alkanes) is 26. The minimum absolute atomic E-state index is 0.0648. The summed E-state index contributed by atoms with van der Waals surface area (Å²) in [7, 11) is 0. The summed E-state index contributed by atoms with van der Waals surface area (Å²) in [5.41, 5.74) is 0. The van der Waals surface area contributed by atoms with Gasteiger partial charge in [-0.25, -0.2) is 0 Å². The van der Waals surface area contributed by atoms with Crippen molar-refractivity contribution in [3.05, 3.63) is 0 Å². The van der Waals surface area contributed by atoms with Crippen LogP contribution in [-0.4, -0.2) is 37.2 Å². The van der Waals surface area contributed by atoms with E-state index in [0.29, 0.717) is 19.3 Å². The summed E-state index contributed by atoms with van der Waals surface area (Å²) in [4.78, 5) is 37.8. The van der Waals surface area contributed by atoms with E-state index in [2.05, 4.69) is 34.6 Å². The quantitative estimate of drug-likeness (QED) is 0.0350. The first-order valence-corrected chi connectivity index (χ1v) is 23.8. The Kier molecular flexibility index (Phi) is 39.8. The number of rotatable bonds is 42. The Bertz CT molecular complexity index is 826. The van der Waals surface area contributed by atoms with E-state index in [0.717, 1.165) is 69.6 Å². The average molecular weight is 765 g/mol. The minimum Gasteiger partial charge on any atom is -0.462 e. The standard InChI is InChI=1S/C48H92O6/c1-6-8-9-10-11-12-13-17-23-28-33-38-46(49)52-41-45(42-53-47(50)39-34-29-24-20-19-22-27-32-37-44(5)7-2)54-48(51)40-35-30-25-18-15-14-16-21-26-31-36-43(3)4/h43-45H,6-42H2,1-5H3/t44?,45-/m0/s1. The molecule has 54 heavy (non-hydrogen) atoms. The van der Waals surface area contributed by atoms with Gasteiger partial charge in [-0.15, -0.1) is 0 Å². The Hall–Kier alpha value is -1.59. The van der Waals surface area contributed by atoms with Crippen LogP contribution in [0.1, 0.15) is 259 Å². The molecule has 0 radical (unpaired) electrons. The van der Waals surface area contributed by atoms with Crippen LogP contribution in [0.2, 0.25) is 0 Å². The van der Waals surface area contributed by atoms with Crippen molar-refractivity contribution in [1.82, 2.24) is 0 Å². The van der Waals surface area contributed by atoms with Gasteiger partial charge in [-0.05, 0) is 31.1 Å². The zero-order chi connectivity index (χ0) is 39.7. The molecular formula is C48H92O6. The van der Waals surface area contributed by atoms with E-state index in [1.165, 1.54) is 148 Å². The zero-order valence-corrected chi connectivity index (χ0v) is 36.8. The number of carbonyl (C=O) groups is 3. The Labute approximate surface area is 336 Å². The lowest BCUT2D eigenvalue weighted by Crippen LogP contribution is -2.30. The summed E-state index contributed by atoms with van der Waals surface area (Å²) < 4.78 is 16.7. The van der Waals surface area contributed by atoms with Crippen LogP contribution in [0, 0.1) is 11.8 Å².